The number of aromatic amines is 1. The zero-order valence-corrected chi connectivity index (χ0v) is 14.7. The number of nitrogens with zero attached hydrogens (tertiary/aromatic N) is 2. The monoisotopic (exact) mass is 370 g/mol. The third-order valence-corrected chi connectivity index (χ3v) is 3.80. The van der Waals surface area contributed by atoms with E-state index in [1.54, 1.807) is 18.5 Å². The summed E-state index contributed by atoms with van der Waals surface area (Å²) in [5.74, 6) is -1.18. The summed E-state index contributed by atoms with van der Waals surface area (Å²) in [5, 5.41) is 0.780. The molecule has 0 atom stereocenters. The van der Waals surface area contributed by atoms with Gasteiger partial charge in [0.2, 0.25) is 11.8 Å². The van der Waals surface area contributed by atoms with Gasteiger partial charge >= 0.3 is 0 Å². The Bertz CT molecular complexity index is 984. The largest absolute Gasteiger partial charge is 0.473 e. The molecule has 0 aromatic carbocycles. The van der Waals surface area contributed by atoms with E-state index in [0.29, 0.717) is 30.0 Å². The molecule has 0 bridgehead atoms. The van der Waals surface area contributed by atoms with Crippen molar-refractivity contribution in [3.05, 3.63) is 48.2 Å². The number of ether oxygens (including phenoxy) is 2. The number of primary amides is 1. The summed E-state index contributed by atoms with van der Waals surface area (Å²) in [4.78, 5) is 22.3. The second-order valence-electron chi connectivity index (χ2n) is 5.66. The second kappa shape index (κ2) is 8.41. The van der Waals surface area contributed by atoms with E-state index in [1.807, 2.05) is 13.0 Å². The van der Waals surface area contributed by atoms with Crippen molar-refractivity contribution in [1.29, 1.82) is 0 Å². The van der Waals surface area contributed by atoms with Gasteiger partial charge in [-0.05, 0) is 25.1 Å². The van der Waals surface area contributed by atoms with Crippen molar-refractivity contribution in [1.82, 2.24) is 15.0 Å². The number of H-pyrrole nitrogens is 1. The predicted octanol–water partition coefficient (Wildman–Crippen LogP) is 2.68. The molecule has 7 nitrogen and oxygen atoms in total. The first kappa shape index (κ1) is 18.5. The Morgan fingerprint density at radius 1 is 1.26 bits per heavy atom. The number of aromatic nitrogens is 3. The first-order valence-corrected chi connectivity index (χ1v) is 8.39. The number of halogens is 1. The van der Waals surface area contributed by atoms with Crippen LogP contribution in [0.4, 0.5) is 4.39 Å². The lowest BCUT2D eigenvalue weighted by molar-refractivity contribution is -0.113. The number of rotatable bonds is 8. The quantitative estimate of drug-likeness (QED) is 0.469. The Morgan fingerprint density at radius 2 is 2.04 bits per heavy atom. The number of pyridine rings is 2. The van der Waals surface area contributed by atoms with E-state index >= 15 is 0 Å². The Hall–Kier alpha value is -3.26. The van der Waals surface area contributed by atoms with Gasteiger partial charge in [-0.15, -0.1) is 0 Å². The van der Waals surface area contributed by atoms with Crippen LogP contribution >= 0.6 is 0 Å². The maximum absolute atomic E-state index is 14.3. The van der Waals surface area contributed by atoms with E-state index in [0.717, 1.165) is 10.9 Å². The Labute approximate surface area is 155 Å². The number of hydrogen-bond donors (Lipinski definition) is 2. The van der Waals surface area contributed by atoms with E-state index in [2.05, 4.69) is 15.0 Å². The van der Waals surface area contributed by atoms with Gasteiger partial charge in [-0.1, -0.05) is 0 Å². The number of hydrogen-bond acceptors (Lipinski definition) is 5. The number of carbonyl (C=O) groups is 1. The molecular weight excluding hydrogens is 351 g/mol. The lowest BCUT2D eigenvalue weighted by atomic mass is 10.1. The molecule has 3 N–H and O–H groups in total. The predicted molar refractivity (Wildman–Crippen MR) is 99.5 cm³/mol. The minimum Gasteiger partial charge on any atom is -0.473 e. The molecule has 0 aliphatic carbocycles. The molecule has 3 aromatic rings. The van der Waals surface area contributed by atoms with Crippen molar-refractivity contribution in [2.75, 3.05) is 19.8 Å². The van der Waals surface area contributed by atoms with Gasteiger partial charge in [0.25, 0.3) is 0 Å². The fourth-order valence-electron chi connectivity index (χ4n) is 2.52. The highest BCUT2D eigenvalue weighted by molar-refractivity contribution is 5.95. The zero-order valence-electron chi connectivity index (χ0n) is 14.7. The molecule has 0 saturated heterocycles. The minimum atomic E-state index is -0.563. The average Bonchev–Trinajstić information content (AvgIpc) is 3.06. The molecule has 0 aliphatic heterocycles. The highest BCUT2D eigenvalue weighted by atomic mass is 19.1. The molecule has 0 spiro atoms. The van der Waals surface area contributed by atoms with Crippen LogP contribution in [0.1, 0.15) is 12.5 Å². The molecule has 3 heterocycles. The van der Waals surface area contributed by atoms with Crippen molar-refractivity contribution in [2.45, 2.75) is 6.92 Å². The third-order valence-electron chi connectivity index (χ3n) is 3.80. The first-order chi connectivity index (χ1) is 13.1. The minimum absolute atomic E-state index is 0.0702. The molecule has 3 rings (SSSR count). The van der Waals surface area contributed by atoms with Crippen LogP contribution in [0.5, 0.6) is 5.88 Å². The van der Waals surface area contributed by atoms with Crippen molar-refractivity contribution in [2.24, 2.45) is 5.73 Å². The van der Waals surface area contributed by atoms with Crippen LogP contribution < -0.4 is 10.5 Å². The summed E-state index contributed by atoms with van der Waals surface area (Å²) in [7, 11) is 0. The lowest BCUT2D eigenvalue weighted by Crippen LogP contribution is -2.08. The van der Waals surface area contributed by atoms with Gasteiger partial charge in [-0.3, -0.25) is 4.79 Å². The summed E-state index contributed by atoms with van der Waals surface area (Å²) in [5.41, 5.74) is 7.78. The topological polar surface area (TPSA) is 103 Å². The normalized spacial score (nSPS) is 11.3. The highest BCUT2D eigenvalue weighted by Gasteiger charge is 2.10. The van der Waals surface area contributed by atoms with Gasteiger partial charge in [0, 0.05) is 53.4 Å². The van der Waals surface area contributed by atoms with Crippen LogP contribution in [0.2, 0.25) is 0 Å². The van der Waals surface area contributed by atoms with Crippen LogP contribution in [-0.4, -0.2) is 40.7 Å². The Morgan fingerprint density at radius 3 is 2.78 bits per heavy atom. The van der Waals surface area contributed by atoms with Crippen LogP contribution in [-0.2, 0) is 9.53 Å². The van der Waals surface area contributed by atoms with Gasteiger partial charge in [-0.2, -0.15) is 0 Å². The van der Waals surface area contributed by atoms with E-state index in [9.17, 15) is 9.18 Å². The molecule has 140 valence electrons. The second-order valence-corrected chi connectivity index (χ2v) is 5.66. The van der Waals surface area contributed by atoms with E-state index in [-0.39, 0.29) is 12.5 Å². The standard InChI is InChI=1S/C19H19FN4O3/c1-2-26-5-6-27-19-16(20)8-14(11-24-19)13-7-15-12(3-4-17(21)25)9-22-18(15)23-10-13/h3-4,7-11H,2,5-6H2,1H3,(H2,21,25)(H,22,23)/b4-3+. The smallest absolute Gasteiger partial charge is 0.250 e. The molecule has 0 unspecified atom stereocenters. The average molecular weight is 370 g/mol. The molecule has 0 saturated carbocycles. The fraction of sp³-hybridized carbons (Fsp3) is 0.211. The van der Waals surface area contributed by atoms with Gasteiger partial charge in [0.1, 0.15) is 12.3 Å². The number of carbonyl (C=O) groups excluding carboxylic acids is 1. The van der Waals surface area contributed by atoms with Crippen molar-refractivity contribution < 1.29 is 18.7 Å². The van der Waals surface area contributed by atoms with Crippen molar-refractivity contribution >= 4 is 23.0 Å². The molecular formula is C19H19FN4O3. The number of nitrogens with one attached hydrogen (secondary N) is 1. The summed E-state index contributed by atoms with van der Waals surface area (Å²) in [6, 6.07) is 3.18. The summed E-state index contributed by atoms with van der Waals surface area (Å²) < 4.78 is 24.7. The fourth-order valence-corrected chi connectivity index (χ4v) is 2.52. The molecule has 1 amide bonds. The van der Waals surface area contributed by atoms with E-state index in [1.165, 1.54) is 18.3 Å². The summed E-state index contributed by atoms with van der Waals surface area (Å²) in [6.45, 7) is 3.04. The third kappa shape index (κ3) is 4.48. The molecule has 0 radical (unpaired) electrons. The van der Waals surface area contributed by atoms with Gasteiger partial charge in [0.05, 0.1) is 6.61 Å². The SMILES string of the molecule is CCOCCOc1ncc(-c2cnc3[nH]cc(/C=C/C(N)=O)c3c2)cc1F. The lowest BCUT2D eigenvalue weighted by Gasteiger charge is -2.08. The van der Waals surface area contributed by atoms with Crippen LogP contribution in [0.15, 0.2) is 36.8 Å². The van der Waals surface area contributed by atoms with Gasteiger partial charge in [0.15, 0.2) is 5.82 Å². The summed E-state index contributed by atoms with van der Waals surface area (Å²) >= 11 is 0. The zero-order chi connectivity index (χ0) is 19.2. The molecule has 3 aromatic heterocycles. The molecule has 0 aliphatic rings. The van der Waals surface area contributed by atoms with E-state index < -0.39 is 11.7 Å². The highest BCUT2D eigenvalue weighted by Crippen LogP contribution is 2.27. The van der Waals surface area contributed by atoms with Crippen LogP contribution in [0, 0.1) is 5.82 Å². The number of nitrogens with two attached hydrogens (primary N) is 1. The first-order valence-electron chi connectivity index (χ1n) is 8.39. The number of fused-ring (bicyclic) bond motifs is 1. The van der Waals surface area contributed by atoms with Crippen LogP contribution in [0.25, 0.3) is 28.2 Å². The summed E-state index contributed by atoms with van der Waals surface area (Å²) in [6.07, 6.45) is 7.72. The van der Waals surface area contributed by atoms with Gasteiger partial charge in [-0.25, -0.2) is 14.4 Å². The van der Waals surface area contributed by atoms with Crippen molar-refractivity contribution in [3.63, 3.8) is 0 Å². The molecule has 8 heteroatoms. The van der Waals surface area contributed by atoms with Gasteiger partial charge < -0.3 is 20.2 Å². The number of amides is 1. The Kier molecular flexibility index (Phi) is 5.77. The maximum Gasteiger partial charge on any atom is 0.250 e. The molecule has 27 heavy (non-hydrogen) atoms. The van der Waals surface area contributed by atoms with Crippen molar-refractivity contribution in [3.8, 4) is 17.0 Å². The maximum atomic E-state index is 14.3. The van der Waals surface area contributed by atoms with E-state index in [4.69, 9.17) is 15.2 Å². The van der Waals surface area contributed by atoms with Crippen LogP contribution in [0.3, 0.4) is 0 Å². The molecule has 0 fully saturated rings. The Balaban J connectivity index is 1.85.